The van der Waals surface area contributed by atoms with Crippen LogP contribution in [0.1, 0.15) is 38.2 Å². The molecule has 0 unspecified atom stereocenters. The summed E-state index contributed by atoms with van der Waals surface area (Å²) in [5.74, 6) is 0.542. The number of rotatable bonds is 8. The molecule has 0 atom stereocenters. The van der Waals surface area contributed by atoms with Crippen molar-refractivity contribution in [3.63, 3.8) is 0 Å². The molecule has 7 nitrogen and oxygen atoms in total. The summed E-state index contributed by atoms with van der Waals surface area (Å²) >= 11 is 0. The summed E-state index contributed by atoms with van der Waals surface area (Å²) in [5.41, 5.74) is 1.19. The number of amides is 1. The smallest absolute Gasteiger partial charge is 0.296 e. The van der Waals surface area contributed by atoms with E-state index in [1.165, 1.54) is 24.8 Å². The Morgan fingerprint density at radius 1 is 1.23 bits per heavy atom. The van der Waals surface area contributed by atoms with Crippen molar-refractivity contribution < 1.29 is 19.0 Å². The molecule has 1 heterocycles. The van der Waals surface area contributed by atoms with Gasteiger partial charge in [-0.2, -0.15) is 4.57 Å². The van der Waals surface area contributed by atoms with E-state index < -0.39 is 4.92 Å². The highest BCUT2D eigenvalue weighted by atomic mass is 16.6. The minimum atomic E-state index is -0.546. The van der Waals surface area contributed by atoms with Crippen molar-refractivity contribution in [1.29, 1.82) is 0 Å². The van der Waals surface area contributed by atoms with Crippen LogP contribution < -0.4 is 14.6 Å². The number of aromatic nitrogens is 1. The molecule has 0 aliphatic rings. The molecule has 0 saturated carbocycles. The Balaban J connectivity index is 2.08. The highest BCUT2D eigenvalue weighted by Crippen LogP contribution is 2.28. The van der Waals surface area contributed by atoms with E-state index in [9.17, 15) is 14.9 Å². The van der Waals surface area contributed by atoms with E-state index in [2.05, 4.69) is 19.2 Å². The first-order valence-electron chi connectivity index (χ1n) is 8.59. The third-order valence-electron chi connectivity index (χ3n) is 4.38. The quantitative estimate of drug-likeness (QED) is 0.445. The summed E-state index contributed by atoms with van der Waals surface area (Å²) < 4.78 is 6.73. The number of nitro benzene ring substituents is 1. The van der Waals surface area contributed by atoms with Crippen LogP contribution in [0.2, 0.25) is 0 Å². The van der Waals surface area contributed by atoms with E-state index in [1.807, 2.05) is 24.5 Å². The fourth-order valence-corrected chi connectivity index (χ4v) is 2.86. The Bertz CT molecular complexity index is 771. The highest BCUT2D eigenvalue weighted by molar-refractivity contribution is 5.92. The SMILES string of the molecule is CCC(CC)c1cc[n+](CC(=O)Nc2ccc(OC)cc2[N+](=O)[O-])cc1. The molecule has 1 N–H and O–H groups in total. The van der Waals surface area contributed by atoms with Gasteiger partial charge in [-0.3, -0.25) is 14.9 Å². The maximum Gasteiger partial charge on any atom is 0.296 e. The second kappa shape index (κ2) is 8.94. The van der Waals surface area contributed by atoms with Crippen molar-refractivity contribution in [1.82, 2.24) is 0 Å². The summed E-state index contributed by atoms with van der Waals surface area (Å²) in [6, 6.07) is 8.35. The molecule has 0 saturated heterocycles. The zero-order chi connectivity index (χ0) is 19.1. The van der Waals surface area contributed by atoms with Gasteiger partial charge in [-0.15, -0.1) is 0 Å². The molecule has 0 fully saturated rings. The predicted molar refractivity (Wildman–Crippen MR) is 98.2 cm³/mol. The van der Waals surface area contributed by atoms with Gasteiger partial charge < -0.3 is 10.1 Å². The first kappa shape index (κ1) is 19.4. The van der Waals surface area contributed by atoms with E-state index >= 15 is 0 Å². The van der Waals surface area contributed by atoms with Gasteiger partial charge in [0.1, 0.15) is 11.4 Å². The molecule has 1 aromatic heterocycles. The number of carbonyl (C=O) groups is 1. The molecule has 138 valence electrons. The molecule has 7 heteroatoms. The Morgan fingerprint density at radius 2 is 1.88 bits per heavy atom. The van der Waals surface area contributed by atoms with Gasteiger partial charge in [-0.1, -0.05) is 13.8 Å². The van der Waals surface area contributed by atoms with Crippen molar-refractivity contribution in [2.75, 3.05) is 12.4 Å². The molecule has 2 aromatic rings. The number of carbonyl (C=O) groups excluding carboxylic acids is 1. The zero-order valence-corrected chi connectivity index (χ0v) is 15.3. The topological polar surface area (TPSA) is 85.3 Å². The van der Waals surface area contributed by atoms with Gasteiger partial charge in [0.15, 0.2) is 12.4 Å². The molecule has 1 aromatic carbocycles. The number of methoxy groups -OCH3 is 1. The highest BCUT2D eigenvalue weighted by Gasteiger charge is 2.19. The van der Waals surface area contributed by atoms with Crippen molar-refractivity contribution in [2.24, 2.45) is 0 Å². The third kappa shape index (κ3) is 4.78. The summed E-state index contributed by atoms with van der Waals surface area (Å²) in [4.78, 5) is 22.9. The Morgan fingerprint density at radius 3 is 2.42 bits per heavy atom. The van der Waals surface area contributed by atoms with Gasteiger partial charge in [-0.25, -0.2) is 0 Å². The largest absolute Gasteiger partial charge is 0.496 e. The average Bonchev–Trinajstić information content (AvgIpc) is 2.64. The number of nitrogens with zero attached hydrogens (tertiary/aromatic N) is 2. The van der Waals surface area contributed by atoms with Crippen LogP contribution in [0.5, 0.6) is 5.75 Å². The van der Waals surface area contributed by atoms with E-state index in [4.69, 9.17) is 4.74 Å². The van der Waals surface area contributed by atoms with E-state index in [0.717, 1.165) is 12.8 Å². The number of ether oxygens (including phenoxy) is 1. The van der Waals surface area contributed by atoms with Crippen LogP contribution in [0, 0.1) is 10.1 Å². The number of pyridine rings is 1. The molecule has 0 aliphatic carbocycles. The average molecular weight is 358 g/mol. The Kier molecular flexibility index (Phi) is 6.66. The number of nitrogens with one attached hydrogen (secondary N) is 1. The maximum atomic E-state index is 12.3. The number of anilines is 1. The third-order valence-corrected chi connectivity index (χ3v) is 4.38. The molecule has 0 bridgehead atoms. The van der Waals surface area contributed by atoms with Gasteiger partial charge in [-0.05, 0) is 36.5 Å². The van der Waals surface area contributed by atoms with Crippen LogP contribution in [-0.2, 0) is 11.3 Å². The summed E-state index contributed by atoms with van der Waals surface area (Å²) in [7, 11) is 1.43. The van der Waals surface area contributed by atoms with Crippen LogP contribution in [0.3, 0.4) is 0 Å². The van der Waals surface area contributed by atoms with Crippen molar-refractivity contribution in [3.05, 3.63) is 58.4 Å². The number of nitro groups is 1. The fourth-order valence-electron chi connectivity index (χ4n) is 2.86. The van der Waals surface area contributed by atoms with Crippen LogP contribution in [0.15, 0.2) is 42.7 Å². The lowest BCUT2D eigenvalue weighted by atomic mass is 9.95. The standard InChI is InChI=1S/C19H23N3O4/c1-4-14(5-2)15-8-10-21(11-9-15)13-19(23)20-17-7-6-16(26-3)12-18(17)22(24)25/h6-12,14H,4-5,13H2,1-3H3/p+1. The normalized spacial score (nSPS) is 10.6. The van der Waals surface area contributed by atoms with Crippen molar-refractivity contribution in [2.45, 2.75) is 39.2 Å². The summed E-state index contributed by atoms with van der Waals surface area (Å²) in [5, 5.41) is 13.8. The molecule has 2 rings (SSSR count). The summed E-state index contributed by atoms with van der Waals surface area (Å²) in [6.45, 7) is 4.39. The van der Waals surface area contributed by atoms with E-state index in [-0.39, 0.29) is 23.8 Å². The molecule has 0 spiro atoms. The number of hydrogen-bond acceptors (Lipinski definition) is 4. The number of hydrogen-bond donors (Lipinski definition) is 1. The lowest BCUT2D eigenvalue weighted by Gasteiger charge is -2.11. The molecular weight excluding hydrogens is 334 g/mol. The van der Waals surface area contributed by atoms with Gasteiger partial charge >= 0.3 is 0 Å². The molecule has 0 aliphatic heterocycles. The van der Waals surface area contributed by atoms with Crippen LogP contribution in [-0.4, -0.2) is 17.9 Å². The monoisotopic (exact) mass is 358 g/mol. The molecule has 26 heavy (non-hydrogen) atoms. The zero-order valence-electron chi connectivity index (χ0n) is 15.3. The van der Waals surface area contributed by atoms with E-state index in [1.54, 1.807) is 10.6 Å². The van der Waals surface area contributed by atoms with Crippen LogP contribution in [0.4, 0.5) is 11.4 Å². The molecule has 0 radical (unpaired) electrons. The van der Waals surface area contributed by atoms with Gasteiger partial charge in [0.05, 0.1) is 18.1 Å². The first-order valence-corrected chi connectivity index (χ1v) is 8.59. The first-order chi connectivity index (χ1) is 12.5. The van der Waals surface area contributed by atoms with E-state index in [0.29, 0.717) is 11.7 Å². The fraction of sp³-hybridized carbons (Fsp3) is 0.368. The Labute approximate surface area is 152 Å². The lowest BCUT2D eigenvalue weighted by Crippen LogP contribution is -2.39. The molecular formula is C19H24N3O4+. The van der Waals surface area contributed by atoms with Crippen LogP contribution in [0.25, 0.3) is 0 Å². The maximum absolute atomic E-state index is 12.3. The van der Waals surface area contributed by atoms with Gasteiger partial charge in [0.25, 0.3) is 11.6 Å². The lowest BCUT2D eigenvalue weighted by molar-refractivity contribution is -0.684. The second-order valence-corrected chi connectivity index (χ2v) is 6.01. The van der Waals surface area contributed by atoms with Gasteiger partial charge in [0, 0.05) is 12.1 Å². The minimum absolute atomic E-state index is 0.0758. The molecule has 1 amide bonds. The van der Waals surface area contributed by atoms with Crippen LogP contribution >= 0.6 is 0 Å². The second-order valence-electron chi connectivity index (χ2n) is 6.01. The van der Waals surface area contributed by atoms with Crippen molar-refractivity contribution >= 4 is 17.3 Å². The minimum Gasteiger partial charge on any atom is -0.496 e. The Hall–Kier alpha value is -2.96. The number of benzene rings is 1. The van der Waals surface area contributed by atoms with Gasteiger partial charge in [0.2, 0.25) is 6.54 Å². The summed E-state index contributed by atoms with van der Waals surface area (Å²) in [6.07, 6.45) is 5.86. The predicted octanol–water partition coefficient (Wildman–Crippen LogP) is 3.43. The van der Waals surface area contributed by atoms with Crippen molar-refractivity contribution in [3.8, 4) is 5.75 Å².